The summed E-state index contributed by atoms with van der Waals surface area (Å²) in [6, 6.07) is 13.2. The number of amides is 1. The highest BCUT2D eigenvalue weighted by atomic mass is 79.9. The molecule has 2 aromatic rings. The lowest BCUT2D eigenvalue weighted by atomic mass is 10.0. The first-order valence-electron chi connectivity index (χ1n) is 8.26. The smallest absolute Gasteiger partial charge is 0.438 e. The molecular weight excluding hydrogens is 441 g/mol. The van der Waals surface area contributed by atoms with Crippen LogP contribution in [0.15, 0.2) is 58.1 Å². The van der Waals surface area contributed by atoms with Crippen LogP contribution in [0.1, 0.15) is 17.5 Å². The number of para-hydroxylation sites is 1. The SMILES string of the molecule is Cc1ccccc1OCC(=O)N1N=C(c2ccc(Br)cc2)CC1(O)C(F)(F)F. The summed E-state index contributed by atoms with van der Waals surface area (Å²) in [7, 11) is 0. The van der Waals surface area contributed by atoms with Crippen molar-refractivity contribution >= 4 is 27.5 Å². The fourth-order valence-corrected chi connectivity index (χ4v) is 3.01. The molecule has 1 heterocycles. The Balaban J connectivity index is 1.86. The van der Waals surface area contributed by atoms with Crippen LogP contribution >= 0.6 is 15.9 Å². The van der Waals surface area contributed by atoms with Crippen molar-refractivity contribution in [3.05, 3.63) is 64.1 Å². The second-order valence-electron chi connectivity index (χ2n) is 6.30. The lowest BCUT2D eigenvalue weighted by molar-refractivity contribution is -0.302. The molecule has 28 heavy (non-hydrogen) atoms. The standard InChI is InChI=1S/C19H16BrF3N2O3/c1-12-4-2-3-5-16(12)28-11-17(26)25-18(27,19(21,22)23)10-15(24-25)13-6-8-14(20)9-7-13/h2-9,27H,10-11H2,1H3. The predicted molar refractivity (Wildman–Crippen MR) is 99.8 cm³/mol. The van der Waals surface area contributed by atoms with Crippen LogP contribution in [0.5, 0.6) is 5.75 Å². The van der Waals surface area contributed by atoms with Gasteiger partial charge in [-0.25, -0.2) is 0 Å². The Morgan fingerprint density at radius 1 is 1.25 bits per heavy atom. The number of rotatable bonds is 4. The monoisotopic (exact) mass is 456 g/mol. The van der Waals surface area contributed by atoms with Gasteiger partial charge in [0.05, 0.1) is 12.1 Å². The molecule has 1 aliphatic heterocycles. The van der Waals surface area contributed by atoms with Crippen LogP contribution in [0.2, 0.25) is 0 Å². The van der Waals surface area contributed by atoms with Crippen LogP contribution in [-0.4, -0.2) is 40.2 Å². The molecule has 3 rings (SSSR count). The van der Waals surface area contributed by atoms with Crippen molar-refractivity contribution < 1.29 is 27.8 Å². The second kappa shape index (κ2) is 7.56. The van der Waals surface area contributed by atoms with Gasteiger partial charge in [0.2, 0.25) is 0 Å². The van der Waals surface area contributed by atoms with Crippen LogP contribution in [0, 0.1) is 6.92 Å². The van der Waals surface area contributed by atoms with E-state index in [0.717, 1.165) is 10.0 Å². The Hall–Kier alpha value is -2.39. The molecule has 1 N–H and O–H groups in total. The number of nitrogens with zero attached hydrogens (tertiary/aromatic N) is 2. The van der Waals surface area contributed by atoms with Crippen LogP contribution in [-0.2, 0) is 4.79 Å². The highest BCUT2D eigenvalue weighted by Gasteiger charge is 2.63. The first-order valence-corrected chi connectivity index (χ1v) is 9.05. The summed E-state index contributed by atoms with van der Waals surface area (Å²) in [6.45, 7) is 1.05. The van der Waals surface area contributed by atoms with Crippen LogP contribution in [0.25, 0.3) is 0 Å². The van der Waals surface area contributed by atoms with Crippen molar-refractivity contribution in [1.82, 2.24) is 5.01 Å². The molecule has 148 valence electrons. The molecule has 2 aromatic carbocycles. The number of halogens is 4. The number of aryl methyl sites for hydroxylation is 1. The molecule has 1 atom stereocenters. The third-order valence-corrected chi connectivity index (χ3v) is 4.83. The lowest BCUT2D eigenvalue weighted by Gasteiger charge is -2.32. The van der Waals surface area contributed by atoms with Gasteiger partial charge < -0.3 is 9.84 Å². The molecular formula is C19H16BrF3N2O3. The largest absolute Gasteiger partial charge is 0.483 e. The summed E-state index contributed by atoms with van der Waals surface area (Å²) >= 11 is 3.24. The predicted octanol–water partition coefficient (Wildman–Crippen LogP) is 4.02. The van der Waals surface area contributed by atoms with Crippen molar-refractivity contribution in [3.8, 4) is 5.75 Å². The van der Waals surface area contributed by atoms with Gasteiger partial charge in [-0.15, -0.1) is 0 Å². The summed E-state index contributed by atoms with van der Waals surface area (Å²) < 4.78 is 46.8. The average molecular weight is 457 g/mol. The Bertz CT molecular complexity index is 915. The number of carbonyl (C=O) groups excluding carboxylic acids is 1. The van der Waals surface area contributed by atoms with Gasteiger partial charge in [0.1, 0.15) is 5.75 Å². The van der Waals surface area contributed by atoms with Gasteiger partial charge in [-0.3, -0.25) is 4.79 Å². The minimum absolute atomic E-state index is 0.0448. The molecule has 5 nitrogen and oxygen atoms in total. The second-order valence-corrected chi connectivity index (χ2v) is 7.22. The van der Waals surface area contributed by atoms with Crippen molar-refractivity contribution in [3.63, 3.8) is 0 Å². The average Bonchev–Trinajstić information content (AvgIpc) is 3.00. The van der Waals surface area contributed by atoms with Crippen molar-refractivity contribution in [2.45, 2.75) is 25.2 Å². The first kappa shape index (κ1) is 20.3. The topological polar surface area (TPSA) is 62.1 Å². The summed E-state index contributed by atoms with van der Waals surface area (Å²) in [5.74, 6) is -0.738. The summed E-state index contributed by atoms with van der Waals surface area (Å²) in [5.41, 5.74) is -2.37. The van der Waals surface area contributed by atoms with E-state index < -0.39 is 30.8 Å². The number of carbonyl (C=O) groups is 1. The van der Waals surface area contributed by atoms with Gasteiger partial charge in [0.15, 0.2) is 6.61 Å². The van der Waals surface area contributed by atoms with Crippen molar-refractivity contribution in [2.24, 2.45) is 5.10 Å². The normalized spacial score (nSPS) is 19.5. The minimum atomic E-state index is -5.09. The van der Waals surface area contributed by atoms with E-state index >= 15 is 0 Å². The molecule has 0 radical (unpaired) electrons. The molecule has 0 saturated carbocycles. The van der Waals surface area contributed by atoms with E-state index in [1.807, 2.05) is 0 Å². The van der Waals surface area contributed by atoms with Gasteiger partial charge >= 0.3 is 6.18 Å². The van der Waals surface area contributed by atoms with E-state index in [-0.39, 0.29) is 10.7 Å². The van der Waals surface area contributed by atoms with Crippen molar-refractivity contribution in [2.75, 3.05) is 6.61 Å². The molecule has 1 unspecified atom stereocenters. The number of hydrogen-bond acceptors (Lipinski definition) is 4. The number of alkyl halides is 3. The first-order chi connectivity index (χ1) is 13.1. The fourth-order valence-electron chi connectivity index (χ4n) is 2.75. The molecule has 1 amide bonds. The molecule has 0 saturated heterocycles. The maximum Gasteiger partial charge on any atom is 0.438 e. The fraction of sp³-hybridized carbons (Fsp3) is 0.263. The van der Waals surface area contributed by atoms with E-state index in [4.69, 9.17) is 4.74 Å². The van der Waals surface area contributed by atoms with E-state index in [1.165, 1.54) is 0 Å². The third-order valence-electron chi connectivity index (χ3n) is 4.30. The Morgan fingerprint density at radius 3 is 2.50 bits per heavy atom. The lowest BCUT2D eigenvalue weighted by Crippen LogP contribution is -2.57. The number of hydrazone groups is 1. The molecule has 0 bridgehead atoms. The molecule has 0 aliphatic carbocycles. The highest BCUT2D eigenvalue weighted by Crippen LogP contribution is 2.41. The molecule has 1 aliphatic rings. The van der Waals surface area contributed by atoms with Gasteiger partial charge in [-0.2, -0.15) is 23.3 Å². The van der Waals surface area contributed by atoms with E-state index in [0.29, 0.717) is 11.3 Å². The van der Waals surface area contributed by atoms with Gasteiger partial charge in [-0.1, -0.05) is 46.3 Å². The zero-order valence-electron chi connectivity index (χ0n) is 14.7. The zero-order valence-corrected chi connectivity index (χ0v) is 16.3. The summed E-state index contributed by atoms with van der Waals surface area (Å²) in [4.78, 5) is 12.4. The van der Waals surface area contributed by atoms with Crippen molar-refractivity contribution in [1.29, 1.82) is 0 Å². The quantitative estimate of drug-likeness (QED) is 0.755. The zero-order chi connectivity index (χ0) is 20.5. The van der Waals surface area contributed by atoms with E-state index in [2.05, 4.69) is 21.0 Å². The maximum atomic E-state index is 13.6. The molecule has 0 spiro atoms. The minimum Gasteiger partial charge on any atom is -0.483 e. The summed E-state index contributed by atoms with van der Waals surface area (Å²) in [6.07, 6.45) is -5.96. The van der Waals surface area contributed by atoms with Crippen LogP contribution in [0.3, 0.4) is 0 Å². The van der Waals surface area contributed by atoms with E-state index in [9.17, 15) is 23.1 Å². The Morgan fingerprint density at radius 2 is 1.89 bits per heavy atom. The van der Waals surface area contributed by atoms with Crippen LogP contribution in [0.4, 0.5) is 13.2 Å². The third kappa shape index (κ3) is 3.90. The number of aliphatic hydroxyl groups is 1. The summed E-state index contributed by atoms with van der Waals surface area (Å²) in [5, 5.41) is 14.1. The number of benzene rings is 2. The van der Waals surface area contributed by atoms with Gasteiger partial charge in [-0.05, 0) is 36.2 Å². The van der Waals surface area contributed by atoms with E-state index in [1.54, 1.807) is 55.5 Å². The van der Waals surface area contributed by atoms with Gasteiger partial charge in [0.25, 0.3) is 11.6 Å². The maximum absolute atomic E-state index is 13.6. The Kier molecular flexibility index (Phi) is 5.49. The number of ether oxygens (including phenoxy) is 1. The molecule has 0 fully saturated rings. The number of hydrogen-bond donors (Lipinski definition) is 1. The molecule has 9 heteroatoms. The highest BCUT2D eigenvalue weighted by molar-refractivity contribution is 9.10. The van der Waals surface area contributed by atoms with Crippen LogP contribution < -0.4 is 4.74 Å². The molecule has 0 aromatic heterocycles. The Labute approximate surface area is 167 Å². The van der Waals surface area contributed by atoms with Gasteiger partial charge in [0, 0.05) is 4.47 Å².